The molecule has 1 aliphatic carbocycles. The van der Waals surface area contributed by atoms with Crippen LogP contribution in [0.2, 0.25) is 0 Å². The first-order valence-corrected chi connectivity index (χ1v) is 3.90. The normalized spacial score (nSPS) is 36.9. The highest BCUT2D eigenvalue weighted by molar-refractivity contribution is 5.05. The van der Waals surface area contributed by atoms with Crippen molar-refractivity contribution in [3.8, 4) is 0 Å². The first-order chi connectivity index (χ1) is 4.22. The quantitative estimate of drug-likeness (QED) is 0.435. The average Bonchev–Trinajstić information content (AvgIpc) is 1.83. The van der Waals surface area contributed by atoms with Crippen LogP contribution in [0.15, 0.2) is 12.2 Å². The van der Waals surface area contributed by atoms with E-state index in [-0.39, 0.29) is 0 Å². The summed E-state index contributed by atoms with van der Waals surface area (Å²) in [5.74, 6) is 1.57. The molecule has 0 aromatic heterocycles. The minimum atomic E-state index is 0.786. The molecule has 0 amide bonds. The Bertz CT molecular complexity index is 101. The van der Waals surface area contributed by atoms with Gasteiger partial charge in [-0.15, -0.1) is 0 Å². The zero-order valence-electron chi connectivity index (χ0n) is 6.48. The lowest BCUT2D eigenvalue weighted by Gasteiger charge is -2.26. The molecule has 9 heavy (non-hydrogen) atoms. The SMILES string of the molecule is C=C1C(C)CCC[C@H]1C. The standard InChI is InChI=1S/C9H16/c1-7-5-4-6-8(2)9(7)3/h7-8H,3-6H2,1-2H3/t7-,8?/m1/s1. The maximum Gasteiger partial charge on any atom is -0.0232 e. The Hall–Kier alpha value is -0.260. The van der Waals surface area contributed by atoms with E-state index in [4.69, 9.17) is 0 Å². The van der Waals surface area contributed by atoms with E-state index in [1.165, 1.54) is 24.8 Å². The molecule has 2 atom stereocenters. The Morgan fingerprint density at radius 1 is 1.22 bits per heavy atom. The van der Waals surface area contributed by atoms with E-state index in [2.05, 4.69) is 20.4 Å². The highest BCUT2D eigenvalue weighted by Gasteiger charge is 2.18. The van der Waals surface area contributed by atoms with Crippen molar-refractivity contribution in [3.05, 3.63) is 12.2 Å². The van der Waals surface area contributed by atoms with Crippen molar-refractivity contribution in [1.29, 1.82) is 0 Å². The van der Waals surface area contributed by atoms with Gasteiger partial charge in [-0.1, -0.05) is 32.4 Å². The topological polar surface area (TPSA) is 0 Å². The van der Waals surface area contributed by atoms with Gasteiger partial charge < -0.3 is 0 Å². The van der Waals surface area contributed by atoms with E-state index in [1.54, 1.807) is 0 Å². The van der Waals surface area contributed by atoms with Crippen LogP contribution in [0.4, 0.5) is 0 Å². The lowest BCUT2D eigenvalue weighted by molar-refractivity contribution is 0.406. The summed E-state index contributed by atoms with van der Waals surface area (Å²) in [5.41, 5.74) is 1.47. The number of hydrogen-bond donors (Lipinski definition) is 0. The van der Waals surface area contributed by atoms with Crippen molar-refractivity contribution >= 4 is 0 Å². The van der Waals surface area contributed by atoms with Gasteiger partial charge in [0.25, 0.3) is 0 Å². The van der Waals surface area contributed by atoms with E-state index in [1.807, 2.05) is 0 Å². The fourth-order valence-electron chi connectivity index (χ4n) is 1.59. The monoisotopic (exact) mass is 124 g/mol. The Kier molecular flexibility index (Phi) is 1.94. The summed E-state index contributed by atoms with van der Waals surface area (Å²) in [6.07, 6.45) is 4.13. The van der Waals surface area contributed by atoms with Gasteiger partial charge in [0.15, 0.2) is 0 Å². The van der Waals surface area contributed by atoms with Gasteiger partial charge in [0.05, 0.1) is 0 Å². The van der Waals surface area contributed by atoms with E-state index in [9.17, 15) is 0 Å². The van der Waals surface area contributed by atoms with Crippen LogP contribution in [-0.4, -0.2) is 0 Å². The van der Waals surface area contributed by atoms with E-state index < -0.39 is 0 Å². The third-order valence-electron chi connectivity index (χ3n) is 2.54. The van der Waals surface area contributed by atoms with Gasteiger partial charge in [-0.25, -0.2) is 0 Å². The fourth-order valence-corrected chi connectivity index (χ4v) is 1.59. The zero-order valence-corrected chi connectivity index (χ0v) is 6.48. The van der Waals surface area contributed by atoms with Crippen molar-refractivity contribution < 1.29 is 0 Å². The zero-order chi connectivity index (χ0) is 6.85. The smallest absolute Gasteiger partial charge is 0.0232 e. The van der Waals surface area contributed by atoms with Crippen LogP contribution in [0.1, 0.15) is 33.1 Å². The second kappa shape index (κ2) is 2.55. The van der Waals surface area contributed by atoms with Crippen LogP contribution < -0.4 is 0 Å². The number of allylic oxidation sites excluding steroid dienone is 1. The summed E-state index contributed by atoms with van der Waals surface area (Å²) in [4.78, 5) is 0. The Balaban J connectivity index is 2.52. The molecule has 1 saturated carbocycles. The van der Waals surface area contributed by atoms with Crippen molar-refractivity contribution in [1.82, 2.24) is 0 Å². The molecule has 1 rings (SSSR count). The fraction of sp³-hybridized carbons (Fsp3) is 0.778. The summed E-state index contributed by atoms with van der Waals surface area (Å²) in [7, 11) is 0. The average molecular weight is 124 g/mol. The van der Waals surface area contributed by atoms with Crippen LogP contribution >= 0.6 is 0 Å². The van der Waals surface area contributed by atoms with Crippen LogP contribution in [0.5, 0.6) is 0 Å². The molecular weight excluding hydrogens is 108 g/mol. The maximum atomic E-state index is 4.08. The van der Waals surface area contributed by atoms with Crippen LogP contribution in [0.3, 0.4) is 0 Å². The van der Waals surface area contributed by atoms with Crippen molar-refractivity contribution in [2.24, 2.45) is 11.8 Å². The van der Waals surface area contributed by atoms with E-state index >= 15 is 0 Å². The molecule has 0 aromatic carbocycles. The molecule has 0 aliphatic heterocycles. The second-order valence-corrected chi connectivity index (χ2v) is 3.31. The molecular formula is C9H16. The first kappa shape index (κ1) is 6.85. The van der Waals surface area contributed by atoms with E-state index in [0.717, 1.165) is 11.8 Å². The molecule has 52 valence electrons. The Morgan fingerprint density at radius 2 is 1.67 bits per heavy atom. The third kappa shape index (κ3) is 1.35. The molecule has 0 heteroatoms. The van der Waals surface area contributed by atoms with Gasteiger partial charge in [0.2, 0.25) is 0 Å². The van der Waals surface area contributed by atoms with Gasteiger partial charge >= 0.3 is 0 Å². The summed E-state index contributed by atoms with van der Waals surface area (Å²) >= 11 is 0. The van der Waals surface area contributed by atoms with Gasteiger partial charge in [-0.2, -0.15) is 0 Å². The molecule has 0 bridgehead atoms. The molecule has 1 aliphatic rings. The molecule has 0 nitrogen and oxygen atoms in total. The molecule has 0 spiro atoms. The summed E-state index contributed by atoms with van der Waals surface area (Å²) in [6.45, 7) is 8.66. The molecule has 0 heterocycles. The minimum absolute atomic E-state index is 0.786. The summed E-state index contributed by atoms with van der Waals surface area (Å²) in [6, 6.07) is 0. The summed E-state index contributed by atoms with van der Waals surface area (Å²) < 4.78 is 0. The third-order valence-corrected chi connectivity index (χ3v) is 2.54. The lowest BCUT2D eigenvalue weighted by atomic mass is 9.80. The molecule has 0 aromatic rings. The highest BCUT2D eigenvalue weighted by atomic mass is 14.2. The number of rotatable bonds is 0. The van der Waals surface area contributed by atoms with Crippen LogP contribution in [0.25, 0.3) is 0 Å². The van der Waals surface area contributed by atoms with Crippen LogP contribution in [-0.2, 0) is 0 Å². The van der Waals surface area contributed by atoms with Gasteiger partial charge in [-0.05, 0) is 24.7 Å². The molecule has 0 saturated heterocycles. The molecule has 1 unspecified atom stereocenters. The predicted molar refractivity (Wildman–Crippen MR) is 41.3 cm³/mol. The second-order valence-electron chi connectivity index (χ2n) is 3.31. The summed E-state index contributed by atoms with van der Waals surface area (Å²) in [5, 5.41) is 0. The minimum Gasteiger partial charge on any atom is -0.0993 e. The van der Waals surface area contributed by atoms with Crippen LogP contribution in [0, 0.1) is 11.8 Å². The van der Waals surface area contributed by atoms with Crippen molar-refractivity contribution in [2.75, 3.05) is 0 Å². The predicted octanol–water partition coefficient (Wildman–Crippen LogP) is 3.00. The van der Waals surface area contributed by atoms with Gasteiger partial charge in [0, 0.05) is 0 Å². The lowest BCUT2D eigenvalue weighted by Crippen LogP contribution is -2.13. The van der Waals surface area contributed by atoms with Gasteiger partial charge in [0.1, 0.15) is 0 Å². The van der Waals surface area contributed by atoms with Gasteiger partial charge in [-0.3, -0.25) is 0 Å². The largest absolute Gasteiger partial charge is 0.0993 e. The molecule has 0 N–H and O–H groups in total. The molecule has 1 fully saturated rings. The maximum absolute atomic E-state index is 4.08. The van der Waals surface area contributed by atoms with E-state index in [0.29, 0.717) is 0 Å². The first-order valence-electron chi connectivity index (χ1n) is 3.90. The Labute approximate surface area is 58.0 Å². The Morgan fingerprint density at radius 3 is 2.00 bits per heavy atom. The van der Waals surface area contributed by atoms with Crippen molar-refractivity contribution in [3.63, 3.8) is 0 Å². The van der Waals surface area contributed by atoms with Crippen molar-refractivity contribution in [2.45, 2.75) is 33.1 Å². The number of hydrogen-bond acceptors (Lipinski definition) is 0. The molecule has 0 radical (unpaired) electrons. The highest BCUT2D eigenvalue weighted by Crippen LogP contribution is 2.31.